The minimum absolute atomic E-state index is 0.134. The maximum atomic E-state index is 12.1. The summed E-state index contributed by atoms with van der Waals surface area (Å²) in [4.78, 5) is 13.9. The first-order valence-corrected chi connectivity index (χ1v) is 9.48. The number of amides is 1. The molecule has 0 aromatic heterocycles. The standard InChI is InChI=1S/C20H30N2O3/c1-15(2)14-25-20(23)22-11-8-17(9-12-22)21-18-10-13-24-19(18)16-6-4-3-5-7-16/h3-7,15,17-19,21H,8-14H2,1-2H3. The fourth-order valence-corrected chi connectivity index (χ4v) is 3.59. The molecule has 3 rings (SSSR count). The van der Waals surface area contributed by atoms with Gasteiger partial charge in [0.2, 0.25) is 0 Å². The van der Waals surface area contributed by atoms with Gasteiger partial charge in [0.1, 0.15) is 0 Å². The van der Waals surface area contributed by atoms with E-state index in [1.807, 2.05) is 11.0 Å². The zero-order chi connectivity index (χ0) is 17.6. The molecule has 0 aliphatic carbocycles. The van der Waals surface area contributed by atoms with E-state index in [-0.39, 0.29) is 12.2 Å². The van der Waals surface area contributed by atoms with Gasteiger partial charge < -0.3 is 19.7 Å². The van der Waals surface area contributed by atoms with Crippen molar-refractivity contribution >= 4 is 6.09 Å². The summed E-state index contributed by atoms with van der Waals surface area (Å²) in [6.07, 6.45) is 2.94. The topological polar surface area (TPSA) is 50.8 Å². The summed E-state index contributed by atoms with van der Waals surface area (Å²) in [7, 11) is 0. The van der Waals surface area contributed by atoms with Crippen LogP contribution < -0.4 is 5.32 Å². The lowest BCUT2D eigenvalue weighted by Crippen LogP contribution is -2.48. The molecule has 0 radical (unpaired) electrons. The third-order valence-corrected chi connectivity index (χ3v) is 4.96. The van der Waals surface area contributed by atoms with Crippen molar-refractivity contribution in [3.05, 3.63) is 35.9 Å². The van der Waals surface area contributed by atoms with E-state index in [2.05, 4.69) is 43.4 Å². The van der Waals surface area contributed by atoms with Crippen molar-refractivity contribution in [1.29, 1.82) is 0 Å². The van der Waals surface area contributed by atoms with Crippen LogP contribution in [-0.2, 0) is 9.47 Å². The van der Waals surface area contributed by atoms with E-state index in [1.165, 1.54) is 5.56 Å². The van der Waals surface area contributed by atoms with Gasteiger partial charge in [-0.15, -0.1) is 0 Å². The molecule has 25 heavy (non-hydrogen) atoms. The molecule has 5 nitrogen and oxygen atoms in total. The molecule has 1 amide bonds. The average molecular weight is 346 g/mol. The summed E-state index contributed by atoms with van der Waals surface area (Å²) < 4.78 is 11.3. The van der Waals surface area contributed by atoms with Gasteiger partial charge in [-0.3, -0.25) is 0 Å². The molecule has 1 N–H and O–H groups in total. The molecule has 0 bridgehead atoms. The van der Waals surface area contributed by atoms with Crippen molar-refractivity contribution in [3.63, 3.8) is 0 Å². The predicted molar refractivity (Wildman–Crippen MR) is 97.5 cm³/mol. The Labute approximate surface area is 150 Å². The van der Waals surface area contributed by atoms with Crippen LogP contribution in [-0.4, -0.2) is 49.4 Å². The Kier molecular flexibility index (Phi) is 6.32. The first-order valence-electron chi connectivity index (χ1n) is 9.48. The number of carbonyl (C=O) groups excluding carboxylic acids is 1. The van der Waals surface area contributed by atoms with Gasteiger partial charge in [-0.1, -0.05) is 44.2 Å². The quantitative estimate of drug-likeness (QED) is 0.888. The number of carbonyl (C=O) groups is 1. The van der Waals surface area contributed by atoms with Crippen LogP contribution in [0, 0.1) is 5.92 Å². The second-order valence-electron chi connectivity index (χ2n) is 7.50. The molecule has 2 atom stereocenters. The summed E-state index contributed by atoms with van der Waals surface area (Å²) in [6.45, 7) is 6.93. The first kappa shape index (κ1) is 18.2. The van der Waals surface area contributed by atoms with Crippen molar-refractivity contribution in [3.8, 4) is 0 Å². The number of benzene rings is 1. The van der Waals surface area contributed by atoms with E-state index in [9.17, 15) is 4.79 Å². The normalized spacial score (nSPS) is 24.7. The largest absolute Gasteiger partial charge is 0.449 e. The monoisotopic (exact) mass is 346 g/mol. The average Bonchev–Trinajstić information content (AvgIpc) is 3.09. The molecule has 0 saturated carbocycles. The van der Waals surface area contributed by atoms with E-state index in [0.29, 0.717) is 24.6 Å². The van der Waals surface area contributed by atoms with Crippen molar-refractivity contribution in [2.75, 3.05) is 26.3 Å². The molecular formula is C20H30N2O3. The van der Waals surface area contributed by atoms with Crippen LogP contribution in [0.3, 0.4) is 0 Å². The number of piperidine rings is 1. The van der Waals surface area contributed by atoms with Gasteiger partial charge in [-0.05, 0) is 30.7 Å². The lowest BCUT2D eigenvalue weighted by molar-refractivity contribution is 0.0756. The maximum absolute atomic E-state index is 12.1. The maximum Gasteiger partial charge on any atom is 0.409 e. The van der Waals surface area contributed by atoms with E-state index >= 15 is 0 Å². The summed E-state index contributed by atoms with van der Waals surface area (Å²) in [5.74, 6) is 0.375. The number of hydrogen-bond donors (Lipinski definition) is 1. The van der Waals surface area contributed by atoms with Gasteiger partial charge in [0.15, 0.2) is 0 Å². The van der Waals surface area contributed by atoms with Gasteiger partial charge in [0.25, 0.3) is 0 Å². The van der Waals surface area contributed by atoms with Gasteiger partial charge in [-0.2, -0.15) is 0 Å². The first-order chi connectivity index (χ1) is 12.1. The molecule has 0 spiro atoms. The van der Waals surface area contributed by atoms with Crippen LogP contribution in [0.5, 0.6) is 0 Å². The van der Waals surface area contributed by atoms with Crippen molar-refractivity contribution in [2.45, 2.75) is 51.3 Å². The Morgan fingerprint density at radius 3 is 2.64 bits per heavy atom. The molecule has 2 aliphatic rings. The summed E-state index contributed by atoms with van der Waals surface area (Å²) in [5.41, 5.74) is 1.24. The van der Waals surface area contributed by atoms with Gasteiger partial charge in [-0.25, -0.2) is 4.79 Å². The number of likely N-dealkylation sites (tertiary alicyclic amines) is 1. The van der Waals surface area contributed by atoms with Crippen molar-refractivity contribution in [2.24, 2.45) is 5.92 Å². The SMILES string of the molecule is CC(C)COC(=O)N1CCC(NC2CCOC2c2ccccc2)CC1. The van der Waals surface area contributed by atoms with Crippen LogP contribution in [0.25, 0.3) is 0 Å². The Morgan fingerprint density at radius 1 is 1.24 bits per heavy atom. The lowest BCUT2D eigenvalue weighted by Gasteiger charge is -2.34. The van der Waals surface area contributed by atoms with Gasteiger partial charge >= 0.3 is 6.09 Å². The minimum Gasteiger partial charge on any atom is -0.449 e. The molecule has 2 heterocycles. The molecule has 2 aliphatic heterocycles. The zero-order valence-corrected chi connectivity index (χ0v) is 15.3. The second kappa shape index (κ2) is 8.68. The van der Waals surface area contributed by atoms with E-state index < -0.39 is 0 Å². The van der Waals surface area contributed by atoms with Crippen LogP contribution in [0.4, 0.5) is 4.79 Å². The predicted octanol–water partition coefficient (Wildman–Crippen LogP) is 3.36. The van der Waals surface area contributed by atoms with Crippen LogP contribution >= 0.6 is 0 Å². The minimum atomic E-state index is -0.168. The number of nitrogens with zero attached hydrogens (tertiary/aromatic N) is 1. The summed E-state index contributed by atoms with van der Waals surface area (Å²) in [6, 6.07) is 11.2. The highest BCUT2D eigenvalue weighted by atomic mass is 16.6. The molecule has 1 aromatic rings. The summed E-state index contributed by atoms with van der Waals surface area (Å²) in [5, 5.41) is 3.77. The highest BCUT2D eigenvalue weighted by Gasteiger charge is 2.32. The van der Waals surface area contributed by atoms with Gasteiger partial charge in [0.05, 0.1) is 12.7 Å². The van der Waals surface area contributed by atoms with Crippen molar-refractivity contribution < 1.29 is 14.3 Å². The number of hydrogen-bond acceptors (Lipinski definition) is 4. The highest BCUT2D eigenvalue weighted by Crippen LogP contribution is 2.30. The zero-order valence-electron chi connectivity index (χ0n) is 15.3. The number of rotatable bonds is 5. The smallest absolute Gasteiger partial charge is 0.409 e. The third kappa shape index (κ3) is 4.95. The molecule has 2 saturated heterocycles. The number of ether oxygens (including phenoxy) is 2. The second-order valence-corrected chi connectivity index (χ2v) is 7.50. The van der Waals surface area contributed by atoms with E-state index in [4.69, 9.17) is 9.47 Å². The highest BCUT2D eigenvalue weighted by molar-refractivity contribution is 5.67. The van der Waals surface area contributed by atoms with Crippen LogP contribution in [0.15, 0.2) is 30.3 Å². The fourth-order valence-electron chi connectivity index (χ4n) is 3.59. The molecule has 2 fully saturated rings. The summed E-state index contributed by atoms with van der Waals surface area (Å²) >= 11 is 0. The molecular weight excluding hydrogens is 316 g/mol. The Balaban J connectivity index is 1.46. The molecule has 2 unspecified atom stereocenters. The van der Waals surface area contributed by atoms with Crippen molar-refractivity contribution in [1.82, 2.24) is 10.2 Å². The Hall–Kier alpha value is -1.59. The Bertz CT molecular complexity index is 541. The fraction of sp³-hybridized carbons (Fsp3) is 0.650. The number of nitrogens with one attached hydrogen (secondary N) is 1. The third-order valence-electron chi connectivity index (χ3n) is 4.96. The van der Waals surface area contributed by atoms with E-state index in [0.717, 1.165) is 39.0 Å². The Morgan fingerprint density at radius 2 is 1.96 bits per heavy atom. The molecule has 138 valence electrons. The molecule has 5 heteroatoms. The van der Waals surface area contributed by atoms with Crippen LogP contribution in [0.2, 0.25) is 0 Å². The van der Waals surface area contributed by atoms with E-state index in [1.54, 1.807) is 0 Å². The van der Waals surface area contributed by atoms with Gasteiger partial charge in [0, 0.05) is 31.8 Å². The lowest BCUT2D eigenvalue weighted by atomic mass is 9.98. The van der Waals surface area contributed by atoms with Crippen LogP contribution in [0.1, 0.15) is 44.8 Å². The molecule has 1 aromatic carbocycles.